The predicted octanol–water partition coefficient (Wildman–Crippen LogP) is 4.62. The monoisotopic (exact) mass is 391 g/mol. The van der Waals surface area contributed by atoms with Gasteiger partial charge in [-0.1, -0.05) is 71.1 Å². The Bertz CT molecular complexity index is 452. The van der Waals surface area contributed by atoms with Crippen molar-refractivity contribution >= 4 is 27.2 Å². The van der Waals surface area contributed by atoms with E-state index in [4.69, 9.17) is 17.0 Å². The van der Waals surface area contributed by atoms with Crippen LogP contribution in [-0.4, -0.2) is 38.2 Å². The molecular weight excluding hydrogens is 354 g/mol. The first kappa shape index (κ1) is 22.7. The van der Waals surface area contributed by atoms with Gasteiger partial charge >= 0.3 is 0 Å². The fourth-order valence-electron chi connectivity index (χ4n) is 3.24. The number of rotatable bonds is 14. The van der Waals surface area contributed by atoms with Gasteiger partial charge in [0, 0.05) is 6.54 Å². The molecule has 0 aromatic carbocycles. The summed E-state index contributed by atoms with van der Waals surface area (Å²) in [6, 6.07) is 0. The summed E-state index contributed by atoms with van der Waals surface area (Å²) in [5.74, 6) is 0.765. The van der Waals surface area contributed by atoms with Crippen LogP contribution in [0.25, 0.3) is 0 Å². The van der Waals surface area contributed by atoms with Crippen molar-refractivity contribution in [3.05, 3.63) is 0 Å². The van der Waals surface area contributed by atoms with Gasteiger partial charge < -0.3 is 10.1 Å². The topological polar surface area (TPSA) is 55.4 Å². The highest BCUT2D eigenvalue weighted by Gasteiger charge is 2.27. The molecule has 0 aliphatic carbocycles. The van der Waals surface area contributed by atoms with Crippen LogP contribution in [0.4, 0.5) is 0 Å². The van der Waals surface area contributed by atoms with Gasteiger partial charge in [0.25, 0.3) is 5.17 Å². The maximum absolute atomic E-state index is 11.4. The Hall–Kier alpha value is -0.360. The second kappa shape index (κ2) is 13.8. The van der Waals surface area contributed by atoms with Crippen LogP contribution in [0.2, 0.25) is 0 Å². The molecule has 0 bridgehead atoms. The number of sulfone groups is 1. The Morgan fingerprint density at radius 1 is 1.00 bits per heavy atom. The van der Waals surface area contributed by atoms with Crippen molar-refractivity contribution in [3.8, 4) is 0 Å². The summed E-state index contributed by atoms with van der Waals surface area (Å²) in [7, 11) is -2.81. The molecule has 0 aromatic heterocycles. The van der Waals surface area contributed by atoms with Crippen LogP contribution >= 0.6 is 12.2 Å². The van der Waals surface area contributed by atoms with Crippen molar-refractivity contribution in [2.75, 3.05) is 24.7 Å². The smallest absolute Gasteiger partial charge is 0.256 e. The molecule has 1 aliphatic rings. The number of thiocarbonyl (C=S) groups is 1. The molecule has 1 atom stereocenters. The van der Waals surface area contributed by atoms with E-state index in [1.807, 2.05) is 0 Å². The first-order valence-corrected chi connectivity index (χ1v) is 12.4. The summed E-state index contributed by atoms with van der Waals surface area (Å²) in [6.07, 6.45) is 15.2. The third-order valence-corrected chi connectivity index (χ3v) is 6.94. The lowest BCUT2D eigenvalue weighted by Crippen LogP contribution is -2.30. The Kier molecular flexibility index (Phi) is 12.5. The van der Waals surface area contributed by atoms with Crippen molar-refractivity contribution in [2.45, 2.75) is 84.0 Å². The van der Waals surface area contributed by atoms with E-state index in [9.17, 15) is 8.42 Å². The Morgan fingerprint density at radius 2 is 1.56 bits per heavy atom. The molecule has 4 nitrogen and oxygen atoms in total. The fourth-order valence-corrected chi connectivity index (χ4v) is 5.27. The standard InChI is InChI=1S/C19H37NO3S2/c1-2-3-4-5-6-7-8-9-10-11-12-14-23-19(24)20-16-18-13-15-25(21,22)17-18/h18H,2-17H2,1H3,(H,20,24). The number of hydrogen-bond acceptors (Lipinski definition) is 4. The van der Waals surface area contributed by atoms with Crippen molar-refractivity contribution in [2.24, 2.45) is 5.92 Å². The number of ether oxygens (including phenoxy) is 1. The molecule has 1 N–H and O–H groups in total. The molecule has 0 spiro atoms. The molecule has 1 aliphatic heterocycles. The summed E-state index contributed by atoms with van der Waals surface area (Å²) in [5, 5.41) is 3.46. The highest BCUT2D eigenvalue weighted by Crippen LogP contribution is 2.17. The maximum Gasteiger partial charge on any atom is 0.256 e. The largest absolute Gasteiger partial charge is 0.471 e. The summed E-state index contributed by atoms with van der Waals surface area (Å²) in [6.45, 7) is 3.52. The summed E-state index contributed by atoms with van der Waals surface area (Å²) in [5.41, 5.74) is 0. The average molecular weight is 392 g/mol. The summed E-state index contributed by atoms with van der Waals surface area (Å²) in [4.78, 5) is 0. The highest BCUT2D eigenvalue weighted by molar-refractivity contribution is 7.91. The van der Waals surface area contributed by atoms with Crippen LogP contribution in [0.15, 0.2) is 0 Å². The Balaban J connectivity index is 1.82. The van der Waals surface area contributed by atoms with Gasteiger partial charge in [0.15, 0.2) is 9.84 Å². The Morgan fingerprint density at radius 3 is 2.08 bits per heavy atom. The van der Waals surface area contributed by atoms with Gasteiger partial charge in [-0.15, -0.1) is 0 Å². The molecular formula is C19H37NO3S2. The van der Waals surface area contributed by atoms with E-state index in [1.165, 1.54) is 64.2 Å². The zero-order valence-corrected chi connectivity index (χ0v) is 17.6. The SMILES string of the molecule is CCCCCCCCCCCCCOC(=S)NCC1CCS(=O)(=O)C1. The fraction of sp³-hybridized carbons (Fsp3) is 0.947. The summed E-state index contributed by atoms with van der Waals surface area (Å²) < 4.78 is 28.3. The minimum atomic E-state index is -2.81. The predicted molar refractivity (Wildman–Crippen MR) is 110 cm³/mol. The van der Waals surface area contributed by atoms with E-state index in [1.54, 1.807) is 0 Å². The lowest BCUT2D eigenvalue weighted by molar-refractivity contribution is 0.284. The van der Waals surface area contributed by atoms with E-state index in [0.717, 1.165) is 12.8 Å². The van der Waals surface area contributed by atoms with E-state index in [0.29, 0.717) is 24.1 Å². The zero-order valence-electron chi connectivity index (χ0n) is 15.9. The van der Waals surface area contributed by atoms with Gasteiger partial charge in [-0.05, 0) is 31.0 Å². The minimum absolute atomic E-state index is 0.175. The van der Waals surface area contributed by atoms with Crippen molar-refractivity contribution in [1.29, 1.82) is 0 Å². The van der Waals surface area contributed by atoms with Crippen molar-refractivity contribution in [3.63, 3.8) is 0 Å². The number of unbranched alkanes of at least 4 members (excludes halogenated alkanes) is 10. The molecule has 0 saturated carbocycles. The molecule has 0 amide bonds. The van der Waals surface area contributed by atoms with Gasteiger partial charge in [-0.25, -0.2) is 8.42 Å². The van der Waals surface area contributed by atoms with Crippen molar-refractivity contribution < 1.29 is 13.2 Å². The van der Waals surface area contributed by atoms with E-state index in [2.05, 4.69) is 12.2 Å². The number of hydrogen-bond donors (Lipinski definition) is 1. The van der Waals surface area contributed by atoms with E-state index < -0.39 is 9.84 Å². The van der Waals surface area contributed by atoms with Gasteiger partial charge in [0.1, 0.15) is 0 Å². The average Bonchev–Trinajstić information content (AvgIpc) is 2.93. The van der Waals surface area contributed by atoms with E-state index in [-0.39, 0.29) is 11.7 Å². The maximum atomic E-state index is 11.4. The third-order valence-electron chi connectivity index (χ3n) is 4.84. The molecule has 6 heteroatoms. The van der Waals surface area contributed by atoms with Gasteiger partial charge in [-0.2, -0.15) is 0 Å². The van der Waals surface area contributed by atoms with Crippen LogP contribution in [0.5, 0.6) is 0 Å². The first-order valence-electron chi connectivity index (χ1n) is 10.1. The lowest BCUT2D eigenvalue weighted by atomic mass is 10.1. The second-order valence-electron chi connectivity index (χ2n) is 7.32. The lowest BCUT2D eigenvalue weighted by Gasteiger charge is -2.12. The third kappa shape index (κ3) is 12.6. The number of nitrogens with one attached hydrogen (secondary N) is 1. The molecule has 1 fully saturated rings. The Labute approximate surface area is 160 Å². The molecule has 0 aromatic rings. The van der Waals surface area contributed by atoms with Gasteiger partial charge in [0.2, 0.25) is 0 Å². The zero-order chi connectivity index (χ0) is 18.4. The van der Waals surface area contributed by atoms with Crippen LogP contribution in [0.3, 0.4) is 0 Å². The first-order chi connectivity index (χ1) is 12.0. The molecule has 1 unspecified atom stereocenters. The molecule has 1 rings (SSSR count). The van der Waals surface area contributed by atoms with Gasteiger partial charge in [-0.3, -0.25) is 0 Å². The molecule has 1 saturated heterocycles. The second-order valence-corrected chi connectivity index (χ2v) is 9.92. The summed E-state index contributed by atoms with van der Waals surface area (Å²) >= 11 is 5.14. The normalized spacial score (nSPS) is 19.0. The van der Waals surface area contributed by atoms with E-state index >= 15 is 0 Å². The quantitative estimate of drug-likeness (QED) is 0.346. The highest BCUT2D eigenvalue weighted by atomic mass is 32.2. The molecule has 0 radical (unpaired) electrons. The van der Waals surface area contributed by atoms with Crippen molar-refractivity contribution in [1.82, 2.24) is 5.32 Å². The molecule has 1 heterocycles. The molecule has 25 heavy (non-hydrogen) atoms. The van der Waals surface area contributed by atoms with Crippen LogP contribution in [0.1, 0.15) is 84.0 Å². The van der Waals surface area contributed by atoms with Gasteiger partial charge in [0.05, 0.1) is 18.1 Å². The minimum Gasteiger partial charge on any atom is -0.471 e. The van der Waals surface area contributed by atoms with Crippen LogP contribution in [-0.2, 0) is 14.6 Å². The van der Waals surface area contributed by atoms with Crippen LogP contribution < -0.4 is 5.32 Å². The molecule has 148 valence electrons. The van der Waals surface area contributed by atoms with Crippen LogP contribution in [0, 0.1) is 5.92 Å².